The summed E-state index contributed by atoms with van der Waals surface area (Å²) in [5, 5.41) is 7.51. The number of pyridine rings is 1. The Morgan fingerprint density at radius 3 is 3.00 bits per heavy atom. The molecule has 1 atom stereocenters. The quantitative estimate of drug-likeness (QED) is 0.405. The first-order valence-electron chi connectivity index (χ1n) is 7.66. The Hall–Kier alpha value is -0.380. The number of rotatable bonds is 5. The standard InChI is InChI=1S/C12H12INS2.C4H10N2O/c1-7-4-9-5-8-6-10(16-13)2-3-11(8)14-12(9)15-7;1-5-2-3-6-4-7/h4-5,10H,2-3,6H2,1H3;4-5H,2-3H2,1H3,(H,6,7). The molecule has 0 saturated carbocycles. The van der Waals surface area contributed by atoms with Crippen LogP contribution >= 0.6 is 41.5 Å². The van der Waals surface area contributed by atoms with Crippen molar-refractivity contribution >= 4 is 58.1 Å². The fraction of sp³-hybridized carbons (Fsp3) is 0.500. The van der Waals surface area contributed by atoms with Gasteiger partial charge >= 0.3 is 0 Å². The number of nitrogens with one attached hydrogen (secondary N) is 2. The number of amides is 1. The highest BCUT2D eigenvalue weighted by atomic mass is 127. The molecule has 0 fully saturated rings. The van der Waals surface area contributed by atoms with Gasteiger partial charge in [-0.25, -0.2) is 4.98 Å². The highest BCUT2D eigenvalue weighted by Gasteiger charge is 2.20. The molecule has 126 valence electrons. The highest BCUT2D eigenvalue weighted by Crippen LogP contribution is 2.34. The first-order valence-corrected chi connectivity index (χ1v) is 11.9. The van der Waals surface area contributed by atoms with E-state index in [-0.39, 0.29) is 0 Å². The highest BCUT2D eigenvalue weighted by molar-refractivity contribution is 14.2. The fourth-order valence-electron chi connectivity index (χ4n) is 2.55. The number of carbonyl (C=O) groups is 1. The van der Waals surface area contributed by atoms with Gasteiger partial charge in [0, 0.05) is 34.3 Å². The monoisotopic (exact) mass is 463 g/mol. The molecule has 0 bridgehead atoms. The van der Waals surface area contributed by atoms with Crippen molar-refractivity contribution in [2.75, 3.05) is 20.1 Å². The van der Waals surface area contributed by atoms with Crippen molar-refractivity contribution in [3.05, 3.63) is 28.3 Å². The molecule has 4 nitrogen and oxygen atoms in total. The summed E-state index contributed by atoms with van der Waals surface area (Å²) in [4.78, 5) is 16.9. The lowest BCUT2D eigenvalue weighted by Gasteiger charge is -2.21. The van der Waals surface area contributed by atoms with Crippen molar-refractivity contribution in [1.29, 1.82) is 0 Å². The Kier molecular flexibility index (Phi) is 8.08. The number of halogens is 1. The maximum absolute atomic E-state index is 9.54. The lowest BCUT2D eigenvalue weighted by molar-refractivity contribution is -0.109. The molecule has 1 aliphatic rings. The average molecular weight is 463 g/mol. The maximum Gasteiger partial charge on any atom is 0.207 e. The molecule has 2 N–H and O–H groups in total. The second kappa shape index (κ2) is 9.80. The van der Waals surface area contributed by atoms with Crippen LogP contribution in [0.25, 0.3) is 10.2 Å². The molecule has 2 aromatic heterocycles. The van der Waals surface area contributed by atoms with E-state index in [2.05, 4.69) is 50.9 Å². The van der Waals surface area contributed by atoms with Gasteiger partial charge in [0.1, 0.15) is 4.83 Å². The lowest BCUT2D eigenvalue weighted by Crippen LogP contribution is -2.23. The Labute approximate surface area is 157 Å². The summed E-state index contributed by atoms with van der Waals surface area (Å²) in [5.41, 5.74) is 2.82. The van der Waals surface area contributed by atoms with Gasteiger partial charge in [0.25, 0.3) is 0 Å². The van der Waals surface area contributed by atoms with Crippen LogP contribution in [0.15, 0.2) is 12.1 Å². The molecule has 2 heterocycles. The summed E-state index contributed by atoms with van der Waals surface area (Å²) >= 11 is 4.24. The molecule has 1 unspecified atom stereocenters. The molecule has 3 rings (SSSR count). The van der Waals surface area contributed by atoms with Gasteiger partial charge in [-0.15, -0.1) is 11.3 Å². The first kappa shape index (κ1) is 19.0. The third-order valence-corrected chi connectivity index (χ3v) is 7.45. The van der Waals surface area contributed by atoms with Crippen molar-refractivity contribution in [3.63, 3.8) is 0 Å². The van der Waals surface area contributed by atoms with Crippen LogP contribution in [0.2, 0.25) is 0 Å². The van der Waals surface area contributed by atoms with E-state index in [9.17, 15) is 4.79 Å². The number of thiophene rings is 1. The van der Waals surface area contributed by atoms with Gasteiger partial charge in [0.05, 0.1) is 0 Å². The number of hydrogen-bond acceptors (Lipinski definition) is 5. The normalized spacial score (nSPS) is 16.4. The van der Waals surface area contributed by atoms with Crippen LogP contribution < -0.4 is 10.6 Å². The minimum atomic E-state index is 0.692. The van der Waals surface area contributed by atoms with E-state index in [0.29, 0.717) is 13.0 Å². The Morgan fingerprint density at radius 2 is 2.30 bits per heavy atom. The minimum absolute atomic E-state index is 0.692. The second-order valence-corrected chi connectivity index (χ2v) is 9.08. The zero-order valence-electron chi connectivity index (χ0n) is 13.4. The maximum atomic E-state index is 9.54. The van der Waals surface area contributed by atoms with Crippen LogP contribution in [0.4, 0.5) is 0 Å². The number of aryl methyl sites for hydroxylation is 2. The zero-order chi connectivity index (χ0) is 16.7. The number of nitrogens with zero attached hydrogens (tertiary/aromatic N) is 1. The van der Waals surface area contributed by atoms with E-state index in [0.717, 1.165) is 18.2 Å². The van der Waals surface area contributed by atoms with E-state index in [1.807, 2.05) is 27.3 Å². The summed E-state index contributed by atoms with van der Waals surface area (Å²) in [5.74, 6) is 0. The number of fused-ring (bicyclic) bond motifs is 2. The molecular weight excluding hydrogens is 441 g/mol. The molecule has 1 amide bonds. The van der Waals surface area contributed by atoms with Crippen LogP contribution in [0.1, 0.15) is 22.6 Å². The molecular formula is C16H22IN3OS2. The molecule has 0 radical (unpaired) electrons. The summed E-state index contributed by atoms with van der Waals surface area (Å²) < 4.78 is 0. The van der Waals surface area contributed by atoms with Crippen molar-refractivity contribution in [1.82, 2.24) is 15.6 Å². The molecule has 0 saturated heterocycles. The first-order chi connectivity index (χ1) is 11.2. The number of carbonyl (C=O) groups excluding carboxylic acids is 1. The van der Waals surface area contributed by atoms with Gasteiger partial charge < -0.3 is 10.6 Å². The van der Waals surface area contributed by atoms with E-state index >= 15 is 0 Å². The lowest BCUT2D eigenvalue weighted by atomic mass is 9.95. The van der Waals surface area contributed by atoms with Crippen molar-refractivity contribution in [2.45, 2.75) is 31.4 Å². The Morgan fingerprint density at radius 1 is 1.48 bits per heavy atom. The average Bonchev–Trinajstić information content (AvgIpc) is 2.92. The van der Waals surface area contributed by atoms with Crippen LogP contribution in [0.5, 0.6) is 0 Å². The summed E-state index contributed by atoms with van der Waals surface area (Å²) in [6.45, 7) is 3.70. The molecule has 0 aliphatic heterocycles. The van der Waals surface area contributed by atoms with Crippen LogP contribution in [0.3, 0.4) is 0 Å². The molecule has 7 heteroatoms. The Bertz CT molecular complexity index is 648. The van der Waals surface area contributed by atoms with Gasteiger partial charge in [-0.05, 0) is 72.1 Å². The molecule has 0 spiro atoms. The predicted octanol–water partition coefficient (Wildman–Crippen LogP) is 3.50. The predicted molar refractivity (Wildman–Crippen MR) is 110 cm³/mol. The fourth-order valence-corrected chi connectivity index (χ4v) is 5.18. The molecule has 0 aromatic carbocycles. The Balaban J connectivity index is 0.000000236. The number of likely N-dealkylation sites (N-methyl/N-ethyl adjacent to an activating group) is 1. The van der Waals surface area contributed by atoms with Crippen molar-refractivity contribution in [2.24, 2.45) is 0 Å². The third-order valence-electron chi connectivity index (χ3n) is 3.68. The number of aromatic nitrogens is 1. The summed E-state index contributed by atoms with van der Waals surface area (Å²) in [6, 6.07) is 4.62. The van der Waals surface area contributed by atoms with Gasteiger partial charge in [0.2, 0.25) is 6.41 Å². The SMILES string of the molecule is CNCCNC=O.Cc1cc2cc3c(nc2s1)CCC(SI)C3. The van der Waals surface area contributed by atoms with Gasteiger partial charge in [-0.1, -0.05) is 8.93 Å². The van der Waals surface area contributed by atoms with Gasteiger partial charge in [-0.2, -0.15) is 0 Å². The van der Waals surface area contributed by atoms with Crippen molar-refractivity contribution in [3.8, 4) is 0 Å². The molecule has 23 heavy (non-hydrogen) atoms. The second-order valence-electron chi connectivity index (χ2n) is 5.48. The van der Waals surface area contributed by atoms with E-state index in [1.54, 1.807) is 0 Å². The van der Waals surface area contributed by atoms with E-state index in [1.165, 1.54) is 39.2 Å². The minimum Gasteiger partial charge on any atom is -0.357 e. The smallest absolute Gasteiger partial charge is 0.207 e. The summed E-state index contributed by atoms with van der Waals surface area (Å²) in [7, 11) is 3.80. The molecule has 2 aromatic rings. The molecule has 1 aliphatic carbocycles. The number of hydrogen-bond donors (Lipinski definition) is 2. The third kappa shape index (κ3) is 5.58. The van der Waals surface area contributed by atoms with Crippen LogP contribution in [-0.4, -0.2) is 36.8 Å². The van der Waals surface area contributed by atoms with Gasteiger partial charge in [0.15, 0.2) is 0 Å². The topological polar surface area (TPSA) is 54.0 Å². The van der Waals surface area contributed by atoms with E-state index in [4.69, 9.17) is 4.98 Å². The van der Waals surface area contributed by atoms with Crippen LogP contribution in [0, 0.1) is 6.92 Å². The zero-order valence-corrected chi connectivity index (χ0v) is 17.2. The van der Waals surface area contributed by atoms with Crippen LogP contribution in [-0.2, 0) is 17.6 Å². The van der Waals surface area contributed by atoms with Gasteiger partial charge in [-0.3, -0.25) is 4.79 Å². The largest absolute Gasteiger partial charge is 0.357 e. The van der Waals surface area contributed by atoms with E-state index < -0.39 is 0 Å². The summed E-state index contributed by atoms with van der Waals surface area (Å²) in [6.07, 6.45) is 4.32. The van der Waals surface area contributed by atoms with Crippen molar-refractivity contribution < 1.29 is 4.79 Å².